The van der Waals surface area contributed by atoms with Gasteiger partial charge in [0, 0.05) is 28.3 Å². The summed E-state index contributed by atoms with van der Waals surface area (Å²) in [5.74, 6) is 0.715. The molecular formula is C23H23N5O4. The number of carbonyl (C=O) groups excluding carboxylic acids is 1. The number of carbonyl (C=O) groups is 1. The monoisotopic (exact) mass is 433 g/mol. The number of hydrogen-bond donors (Lipinski definition) is 3. The molecule has 3 heterocycles. The van der Waals surface area contributed by atoms with E-state index in [0.717, 1.165) is 16.6 Å². The molecule has 0 aliphatic heterocycles. The minimum atomic E-state index is -0.676. The smallest absolute Gasteiger partial charge is 0.255 e. The predicted molar refractivity (Wildman–Crippen MR) is 120 cm³/mol. The molecule has 164 valence electrons. The maximum absolute atomic E-state index is 12.8. The molecule has 32 heavy (non-hydrogen) atoms. The second-order valence-electron chi connectivity index (χ2n) is 7.29. The summed E-state index contributed by atoms with van der Waals surface area (Å²) in [4.78, 5) is 21.8. The van der Waals surface area contributed by atoms with Crippen molar-refractivity contribution in [1.29, 1.82) is 0 Å². The van der Waals surface area contributed by atoms with Gasteiger partial charge in [0.1, 0.15) is 11.5 Å². The van der Waals surface area contributed by atoms with Gasteiger partial charge in [0.25, 0.3) is 5.91 Å². The number of anilines is 1. The third kappa shape index (κ3) is 4.10. The standard InChI is InChI=1S/C23H23N5O4/c1-12-19(20-6-5-18-21(13(2)29)27-28-22(18)26-20)9-15(11-24-12)25-23(30)14-7-16(31-3)10-17(8-14)32-4/h5-11,13,29H,1-4H3,(H,25,30)(H,26,27,28). The highest BCUT2D eigenvalue weighted by atomic mass is 16.5. The fourth-order valence-electron chi connectivity index (χ4n) is 3.39. The molecule has 1 aromatic carbocycles. The van der Waals surface area contributed by atoms with Crippen LogP contribution in [0, 0.1) is 6.92 Å². The van der Waals surface area contributed by atoms with Gasteiger partial charge in [-0.2, -0.15) is 5.10 Å². The lowest BCUT2D eigenvalue weighted by molar-refractivity contribution is 0.102. The maximum atomic E-state index is 12.8. The van der Waals surface area contributed by atoms with Gasteiger partial charge >= 0.3 is 0 Å². The first kappa shape index (κ1) is 21.3. The molecule has 4 rings (SSSR count). The number of aromatic nitrogens is 4. The number of aliphatic hydroxyl groups is 1. The molecule has 9 heteroatoms. The van der Waals surface area contributed by atoms with Crippen molar-refractivity contribution in [2.24, 2.45) is 0 Å². The van der Waals surface area contributed by atoms with Gasteiger partial charge in [-0.15, -0.1) is 0 Å². The average Bonchev–Trinajstić information content (AvgIpc) is 3.23. The number of ether oxygens (including phenoxy) is 2. The maximum Gasteiger partial charge on any atom is 0.255 e. The number of H-pyrrole nitrogens is 1. The van der Waals surface area contributed by atoms with Crippen molar-refractivity contribution in [1.82, 2.24) is 20.2 Å². The first-order valence-electron chi connectivity index (χ1n) is 9.94. The zero-order chi connectivity index (χ0) is 22.8. The lowest BCUT2D eigenvalue weighted by atomic mass is 10.1. The summed E-state index contributed by atoms with van der Waals surface area (Å²) >= 11 is 0. The van der Waals surface area contributed by atoms with Crippen LogP contribution in [0.5, 0.6) is 11.5 Å². The minimum Gasteiger partial charge on any atom is -0.497 e. The van der Waals surface area contributed by atoms with Gasteiger partial charge < -0.3 is 19.9 Å². The van der Waals surface area contributed by atoms with E-state index in [1.165, 1.54) is 14.2 Å². The van der Waals surface area contributed by atoms with Crippen LogP contribution in [0.15, 0.2) is 42.6 Å². The second kappa shape index (κ2) is 8.64. The molecule has 3 aromatic heterocycles. The summed E-state index contributed by atoms with van der Waals surface area (Å²) in [6.45, 7) is 3.53. The third-order valence-electron chi connectivity index (χ3n) is 5.10. The van der Waals surface area contributed by atoms with Gasteiger partial charge in [-0.3, -0.25) is 14.9 Å². The van der Waals surface area contributed by atoms with Crippen molar-refractivity contribution >= 4 is 22.6 Å². The molecular weight excluding hydrogens is 410 g/mol. The van der Waals surface area contributed by atoms with E-state index in [1.807, 2.05) is 25.1 Å². The van der Waals surface area contributed by atoms with Crippen LogP contribution in [0.1, 0.15) is 34.8 Å². The number of pyridine rings is 2. The summed E-state index contributed by atoms with van der Waals surface area (Å²) in [5.41, 5.74) is 4.19. The molecule has 0 saturated heterocycles. The van der Waals surface area contributed by atoms with E-state index < -0.39 is 6.10 Å². The summed E-state index contributed by atoms with van der Waals surface area (Å²) < 4.78 is 10.5. The molecule has 0 aliphatic carbocycles. The number of nitrogens with one attached hydrogen (secondary N) is 2. The average molecular weight is 433 g/mol. The Bertz CT molecular complexity index is 1280. The fraction of sp³-hybridized carbons (Fsp3) is 0.217. The van der Waals surface area contributed by atoms with Gasteiger partial charge in [0.15, 0.2) is 5.65 Å². The van der Waals surface area contributed by atoms with E-state index in [1.54, 1.807) is 31.3 Å². The number of amides is 1. The molecule has 1 amide bonds. The highest BCUT2D eigenvalue weighted by molar-refractivity contribution is 6.05. The van der Waals surface area contributed by atoms with E-state index in [0.29, 0.717) is 39.8 Å². The zero-order valence-corrected chi connectivity index (χ0v) is 18.1. The zero-order valence-electron chi connectivity index (χ0n) is 18.1. The van der Waals surface area contributed by atoms with Crippen LogP contribution in [0.4, 0.5) is 5.69 Å². The minimum absolute atomic E-state index is 0.323. The lowest BCUT2D eigenvalue weighted by Crippen LogP contribution is -2.12. The van der Waals surface area contributed by atoms with E-state index in [2.05, 4.69) is 25.5 Å². The molecule has 1 atom stereocenters. The molecule has 0 fully saturated rings. The van der Waals surface area contributed by atoms with E-state index >= 15 is 0 Å². The molecule has 9 nitrogen and oxygen atoms in total. The molecule has 0 radical (unpaired) electrons. The quantitative estimate of drug-likeness (QED) is 0.424. The molecule has 0 saturated carbocycles. The van der Waals surface area contributed by atoms with Crippen molar-refractivity contribution in [2.75, 3.05) is 19.5 Å². The topological polar surface area (TPSA) is 122 Å². The molecule has 3 N–H and O–H groups in total. The molecule has 0 aliphatic rings. The molecule has 1 unspecified atom stereocenters. The number of aryl methyl sites for hydroxylation is 1. The van der Waals surface area contributed by atoms with Crippen LogP contribution >= 0.6 is 0 Å². The summed E-state index contributed by atoms with van der Waals surface area (Å²) in [7, 11) is 3.06. The molecule has 0 spiro atoms. The van der Waals surface area contributed by atoms with Crippen LogP contribution in [0.3, 0.4) is 0 Å². The number of fused-ring (bicyclic) bond motifs is 1. The van der Waals surface area contributed by atoms with Gasteiger partial charge in [-0.1, -0.05) is 0 Å². The number of rotatable bonds is 6. The Morgan fingerprint density at radius 1 is 1.12 bits per heavy atom. The Kier molecular flexibility index (Phi) is 5.74. The molecule has 0 bridgehead atoms. The summed E-state index contributed by atoms with van der Waals surface area (Å²) in [5, 5.41) is 20.5. The van der Waals surface area contributed by atoms with Crippen molar-refractivity contribution in [2.45, 2.75) is 20.0 Å². The molecule has 4 aromatic rings. The SMILES string of the molecule is COc1cc(OC)cc(C(=O)Nc2cnc(C)c(-c3ccc4c(C(C)O)[nH]nc4n3)c2)c1. The summed E-state index contributed by atoms with van der Waals surface area (Å²) in [6, 6.07) is 10.5. The van der Waals surface area contributed by atoms with Gasteiger partial charge in [0.2, 0.25) is 0 Å². The van der Waals surface area contributed by atoms with E-state index in [4.69, 9.17) is 9.47 Å². The van der Waals surface area contributed by atoms with Crippen LogP contribution in [-0.2, 0) is 0 Å². The van der Waals surface area contributed by atoms with Gasteiger partial charge in [-0.25, -0.2) is 4.98 Å². The second-order valence-corrected chi connectivity index (χ2v) is 7.29. The van der Waals surface area contributed by atoms with Crippen LogP contribution in [0.2, 0.25) is 0 Å². The number of nitrogens with zero attached hydrogens (tertiary/aromatic N) is 3. The first-order chi connectivity index (χ1) is 15.4. The fourth-order valence-corrected chi connectivity index (χ4v) is 3.39. The van der Waals surface area contributed by atoms with Crippen molar-refractivity contribution < 1.29 is 19.4 Å². The number of aliphatic hydroxyl groups excluding tert-OH is 1. The highest BCUT2D eigenvalue weighted by Gasteiger charge is 2.15. The Labute approximate surface area is 184 Å². The third-order valence-corrected chi connectivity index (χ3v) is 5.10. The van der Waals surface area contributed by atoms with Crippen molar-refractivity contribution in [3.8, 4) is 22.8 Å². The van der Waals surface area contributed by atoms with E-state index in [9.17, 15) is 9.90 Å². The lowest BCUT2D eigenvalue weighted by Gasteiger charge is -2.11. The highest BCUT2D eigenvalue weighted by Crippen LogP contribution is 2.28. The number of benzene rings is 1. The van der Waals surface area contributed by atoms with E-state index in [-0.39, 0.29) is 5.91 Å². The summed E-state index contributed by atoms with van der Waals surface area (Å²) in [6.07, 6.45) is 0.914. The Balaban J connectivity index is 1.65. The van der Waals surface area contributed by atoms with Crippen LogP contribution in [0.25, 0.3) is 22.3 Å². The van der Waals surface area contributed by atoms with Crippen molar-refractivity contribution in [3.63, 3.8) is 0 Å². The number of methoxy groups -OCH3 is 2. The van der Waals surface area contributed by atoms with Crippen molar-refractivity contribution in [3.05, 3.63) is 59.5 Å². The van der Waals surface area contributed by atoms with Crippen LogP contribution in [-0.4, -0.2) is 45.4 Å². The van der Waals surface area contributed by atoms with Gasteiger partial charge in [-0.05, 0) is 44.2 Å². The number of hydrogen-bond acceptors (Lipinski definition) is 7. The largest absolute Gasteiger partial charge is 0.497 e. The first-order valence-corrected chi connectivity index (χ1v) is 9.94. The number of aromatic amines is 1. The Morgan fingerprint density at radius 3 is 2.50 bits per heavy atom. The Hall–Kier alpha value is -3.98. The Morgan fingerprint density at radius 2 is 1.84 bits per heavy atom. The predicted octanol–water partition coefficient (Wildman–Crippen LogP) is 3.65. The van der Waals surface area contributed by atoms with Gasteiger partial charge in [0.05, 0.1) is 43.6 Å². The van der Waals surface area contributed by atoms with Crippen LogP contribution < -0.4 is 14.8 Å². The normalized spacial score (nSPS) is 11.9.